The van der Waals surface area contributed by atoms with Gasteiger partial charge >= 0.3 is 0 Å². The third-order valence-electron chi connectivity index (χ3n) is 3.75. The summed E-state index contributed by atoms with van der Waals surface area (Å²) >= 11 is 3.46. The molecule has 4 heteroatoms. The molecule has 3 nitrogen and oxygen atoms in total. The molecular weight excluding hydrogens is 270 g/mol. The van der Waals surface area contributed by atoms with E-state index in [2.05, 4.69) is 22.9 Å². The number of hydrogen-bond donors (Lipinski definition) is 0. The summed E-state index contributed by atoms with van der Waals surface area (Å²) in [5.41, 5.74) is 0. The van der Waals surface area contributed by atoms with E-state index in [0.717, 1.165) is 37.9 Å². The number of hydrogen-bond acceptors (Lipinski definition) is 2. The lowest BCUT2D eigenvalue weighted by molar-refractivity contribution is -0.141. The summed E-state index contributed by atoms with van der Waals surface area (Å²) < 4.78 is 5.53. The number of nitrogens with zero attached hydrogens (tertiary/aromatic N) is 1. The summed E-state index contributed by atoms with van der Waals surface area (Å²) in [5, 5.41) is 1.04. The van der Waals surface area contributed by atoms with Crippen LogP contribution in [0, 0.1) is 11.8 Å². The SMILES string of the molecule is CC1CCOC1C(=O)N1CCC(CCBr)C1. The fraction of sp³-hybridized carbons (Fsp3) is 0.917. The van der Waals surface area contributed by atoms with Crippen LogP contribution in [0.25, 0.3) is 0 Å². The molecule has 2 aliphatic heterocycles. The first-order valence-corrected chi connectivity index (χ1v) is 7.31. The van der Waals surface area contributed by atoms with E-state index in [0.29, 0.717) is 11.8 Å². The minimum atomic E-state index is -0.164. The van der Waals surface area contributed by atoms with Crippen LogP contribution in [-0.2, 0) is 9.53 Å². The monoisotopic (exact) mass is 289 g/mol. The van der Waals surface area contributed by atoms with Crippen molar-refractivity contribution in [3.8, 4) is 0 Å². The molecule has 0 aromatic rings. The van der Waals surface area contributed by atoms with Crippen LogP contribution in [0.3, 0.4) is 0 Å². The third kappa shape index (κ3) is 2.59. The van der Waals surface area contributed by atoms with Crippen LogP contribution >= 0.6 is 15.9 Å². The van der Waals surface area contributed by atoms with Gasteiger partial charge in [0.2, 0.25) is 0 Å². The van der Waals surface area contributed by atoms with Gasteiger partial charge in [0.05, 0.1) is 0 Å². The maximum absolute atomic E-state index is 12.2. The molecule has 0 bridgehead atoms. The Morgan fingerprint density at radius 1 is 1.50 bits per heavy atom. The zero-order chi connectivity index (χ0) is 11.5. The van der Waals surface area contributed by atoms with Crippen LogP contribution in [-0.4, -0.2) is 41.9 Å². The molecule has 16 heavy (non-hydrogen) atoms. The maximum Gasteiger partial charge on any atom is 0.251 e. The molecule has 2 rings (SSSR count). The summed E-state index contributed by atoms with van der Waals surface area (Å²) in [7, 11) is 0. The van der Waals surface area contributed by atoms with Crippen LogP contribution in [0.4, 0.5) is 0 Å². The third-order valence-corrected chi connectivity index (χ3v) is 4.20. The van der Waals surface area contributed by atoms with Crippen molar-refractivity contribution in [2.75, 3.05) is 25.0 Å². The fourth-order valence-electron chi connectivity index (χ4n) is 2.61. The molecule has 1 amide bonds. The van der Waals surface area contributed by atoms with Gasteiger partial charge in [-0.15, -0.1) is 0 Å². The highest BCUT2D eigenvalue weighted by Gasteiger charge is 2.36. The van der Waals surface area contributed by atoms with Crippen LogP contribution in [0.2, 0.25) is 0 Å². The molecule has 3 unspecified atom stereocenters. The first-order valence-electron chi connectivity index (χ1n) is 6.18. The topological polar surface area (TPSA) is 29.5 Å². The number of rotatable bonds is 3. The van der Waals surface area contributed by atoms with Gasteiger partial charge in [-0.1, -0.05) is 22.9 Å². The van der Waals surface area contributed by atoms with Crippen LogP contribution in [0.5, 0.6) is 0 Å². The van der Waals surface area contributed by atoms with Crippen molar-refractivity contribution >= 4 is 21.8 Å². The van der Waals surface area contributed by atoms with Crippen molar-refractivity contribution in [1.29, 1.82) is 0 Å². The van der Waals surface area contributed by atoms with Gasteiger partial charge in [-0.05, 0) is 31.1 Å². The van der Waals surface area contributed by atoms with Crippen molar-refractivity contribution < 1.29 is 9.53 Å². The highest BCUT2D eigenvalue weighted by Crippen LogP contribution is 2.26. The average molecular weight is 290 g/mol. The van der Waals surface area contributed by atoms with E-state index in [9.17, 15) is 4.79 Å². The molecule has 92 valence electrons. The van der Waals surface area contributed by atoms with Crippen molar-refractivity contribution in [1.82, 2.24) is 4.90 Å². The summed E-state index contributed by atoms with van der Waals surface area (Å²) in [5.74, 6) is 1.30. The number of carbonyl (C=O) groups excluding carboxylic acids is 1. The number of carbonyl (C=O) groups is 1. The Hall–Kier alpha value is -0.0900. The van der Waals surface area contributed by atoms with Gasteiger partial charge in [-0.2, -0.15) is 0 Å². The summed E-state index contributed by atoms with van der Waals surface area (Å²) in [6.07, 6.45) is 3.18. The van der Waals surface area contributed by atoms with Gasteiger partial charge in [0, 0.05) is 25.0 Å². The standard InChI is InChI=1S/C12H20BrNO2/c1-9-4-7-16-11(9)12(15)14-6-3-10(8-14)2-5-13/h9-11H,2-8H2,1H3. The highest BCUT2D eigenvalue weighted by molar-refractivity contribution is 9.09. The molecular formula is C12H20BrNO2. The molecule has 0 spiro atoms. The lowest BCUT2D eigenvalue weighted by atomic mass is 10.0. The van der Waals surface area contributed by atoms with E-state index in [1.54, 1.807) is 0 Å². The van der Waals surface area contributed by atoms with Crippen molar-refractivity contribution in [2.45, 2.75) is 32.3 Å². The second-order valence-electron chi connectivity index (χ2n) is 4.97. The number of amides is 1. The second-order valence-corrected chi connectivity index (χ2v) is 5.77. The Balaban J connectivity index is 1.86. The molecule has 2 heterocycles. The fourth-order valence-corrected chi connectivity index (χ4v) is 3.26. The molecule has 0 aromatic carbocycles. The number of alkyl halides is 1. The van der Waals surface area contributed by atoms with Crippen LogP contribution < -0.4 is 0 Å². The molecule has 0 radical (unpaired) electrons. The van der Waals surface area contributed by atoms with E-state index < -0.39 is 0 Å². The minimum Gasteiger partial charge on any atom is -0.368 e. The van der Waals surface area contributed by atoms with E-state index >= 15 is 0 Å². The van der Waals surface area contributed by atoms with Gasteiger partial charge in [-0.25, -0.2) is 0 Å². The van der Waals surface area contributed by atoms with Crippen molar-refractivity contribution in [3.05, 3.63) is 0 Å². The first-order chi connectivity index (χ1) is 7.72. The Morgan fingerprint density at radius 2 is 2.31 bits per heavy atom. The van der Waals surface area contributed by atoms with Gasteiger partial charge in [-0.3, -0.25) is 4.79 Å². The van der Waals surface area contributed by atoms with Crippen molar-refractivity contribution in [3.63, 3.8) is 0 Å². The second kappa shape index (κ2) is 5.50. The number of halogens is 1. The molecule has 2 aliphatic rings. The predicted octanol–water partition coefficient (Wildman–Crippen LogP) is 2.04. The van der Waals surface area contributed by atoms with Gasteiger partial charge in [0.1, 0.15) is 6.10 Å². The minimum absolute atomic E-state index is 0.164. The van der Waals surface area contributed by atoms with E-state index in [-0.39, 0.29) is 12.0 Å². The zero-order valence-corrected chi connectivity index (χ0v) is 11.4. The van der Waals surface area contributed by atoms with Gasteiger partial charge in [0.15, 0.2) is 0 Å². The molecule has 0 aromatic heterocycles. The normalized spacial score (nSPS) is 34.6. The first kappa shape index (κ1) is 12.4. The Labute approximate surface area is 106 Å². The molecule has 2 saturated heterocycles. The number of ether oxygens (including phenoxy) is 1. The lowest BCUT2D eigenvalue weighted by Crippen LogP contribution is -2.39. The van der Waals surface area contributed by atoms with Crippen molar-refractivity contribution in [2.24, 2.45) is 11.8 Å². The Morgan fingerprint density at radius 3 is 2.94 bits per heavy atom. The van der Waals surface area contributed by atoms with Gasteiger partial charge in [0.25, 0.3) is 5.91 Å². The molecule has 0 saturated carbocycles. The molecule has 0 N–H and O–H groups in total. The predicted molar refractivity (Wildman–Crippen MR) is 66.6 cm³/mol. The van der Waals surface area contributed by atoms with Crippen LogP contribution in [0.15, 0.2) is 0 Å². The number of likely N-dealkylation sites (tertiary alicyclic amines) is 1. The molecule has 0 aliphatic carbocycles. The highest BCUT2D eigenvalue weighted by atomic mass is 79.9. The Kier molecular flexibility index (Phi) is 4.25. The van der Waals surface area contributed by atoms with E-state index in [1.807, 2.05) is 4.90 Å². The van der Waals surface area contributed by atoms with Crippen LogP contribution in [0.1, 0.15) is 26.2 Å². The maximum atomic E-state index is 12.2. The molecule has 3 atom stereocenters. The average Bonchev–Trinajstić information content (AvgIpc) is 2.87. The zero-order valence-electron chi connectivity index (χ0n) is 9.82. The van der Waals surface area contributed by atoms with E-state index in [4.69, 9.17) is 4.74 Å². The van der Waals surface area contributed by atoms with E-state index in [1.165, 1.54) is 6.42 Å². The largest absolute Gasteiger partial charge is 0.368 e. The summed E-state index contributed by atoms with van der Waals surface area (Å²) in [4.78, 5) is 14.2. The lowest BCUT2D eigenvalue weighted by Gasteiger charge is -2.22. The summed E-state index contributed by atoms with van der Waals surface area (Å²) in [6.45, 7) is 4.71. The summed E-state index contributed by atoms with van der Waals surface area (Å²) in [6, 6.07) is 0. The molecule has 2 fully saturated rings. The quantitative estimate of drug-likeness (QED) is 0.744. The smallest absolute Gasteiger partial charge is 0.251 e. The van der Waals surface area contributed by atoms with Gasteiger partial charge < -0.3 is 9.64 Å². The Bertz CT molecular complexity index is 259.